The number of hydrogen-bond acceptors (Lipinski definition) is 3. The Morgan fingerprint density at radius 1 is 1.20 bits per heavy atom. The second-order valence-corrected chi connectivity index (χ2v) is 4.45. The van der Waals surface area contributed by atoms with E-state index in [-0.39, 0.29) is 0 Å². The van der Waals surface area contributed by atoms with Crippen LogP contribution in [-0.4, -0.2) is 43.1 Å². The van der Waals surface area contributed by atoms with Crippen LogP contribution in [-0.2, 0) is 0 Å². The van der Waals surface area contributed by atoms with E-state index in [1.807, 2.05) is 12.1 Å². The molecule has 1 fully saturated rings. The van der Waals surface area contributed by atoms with Crippen LogP contribution in [0.2, 0.25) is 5.15 Å². The molecule has 0 radical (unpaired) electrons. The van der Waals surface area contributed by atoms with Crippen molar-refractivity contribution in [1.29, 1.82) is 0 Å². The summed E-state index contributed by atoms with van der Waals surface area (Å²) in [6.45, 7) is 6.33. The van der Waals surface area contributed by atoms with Gasteiger partial charge < -0.3 is 9.80 Å². The molecular weight excluding hydrogens is 210 g/mol. The minimum atomic E-state index is 0.578. The number of pyridine rings is 1. The maximum Gasteiger partial charge on any atom is 0.133 e. The van der Waals surface area contributed by atoms with Gasteiger partial charge in [0.05, 0.1) is 0 Å². The molecule has 15 heavy (non-hydrogen) atoms. The molecule has 0 unspecified atom stereocenters. The molecule has 1 saturated heterocycles. The van der Waals surface area contributed by atoms with Crippen LogP contribution >= 0.6 is 11.6 Å². The van der Waals surface area contributed by atoms with Gasteiger partial charge in [-0.05, 0) is 25.6 Å². The summed E-state index contributed by atoms with van der Waals surface area (Å²) in [5.74, 6) is 1.04. The molecule has 82 valence electrons. The monoisotopic (exact) mass is 225 g/mol. The molecule has 0 spiro atoms. The standard InChI is InChI=1S/C11H16ClN3/c1-9-3-4-10(12)13-11(9)15-7-5-14(2)6-8-15/h3-4H,5-8H2,1-2H3. The van der Waals surface area contributed by atoms with Crippen molar-refractivity contribution in [1.82, 2.24) is 9.88 Å². The molecule has 1 aromatic heterocycles. The summed E-state index contributed by atoms with van der Waals surface area (Å²) in [4.78, 5) is 9.03. The molecule has 0 aromatic carbocycles. The van der Waals surface area contributed by atoms with Crippen molar-refractivity contribution in [3.05, 3.63) is 22.8 Å². The second-order valence-electron chi connectivity index (χ2n) is 4.06. The van der Waals surface area contributed by atoms with Crippen molar-refractivity contribution in [3.8, 4) is 0 Å². The molecule has 0 atom stereocenters. The van der Waals surface area contributed by atoms with Crippen LogP contribution in [0.15, 0.2) is 12.1 Å². The van der Waals surface area contributed by atoms with Gasteiger partial charge in [0.2, 0.25) is 0 Å². The summed E-state index contributed by atoms with van der Waals surface area (Å²) < 4.78 is 0. The summed E-state index contributed by atoms with van der Waals surface area (Å²) >= 11 is 5.92. The first kappa shape index (κ1) is 10.7. The third-order valence-electron chi connectivity index (χ3n) is 2.84. The Balaban J connectivity index is 2.18. The van der Waals surface area contributed by atoms with E-state index in [1.165, 1.54) is 5.56 Å². The third-order valence-corrected chi connectivity index (χ3v) is 3.05. The first-order valence-electron chi connectivity index (χ1n) is 5.23. The van der Waals surface area contributed by atoms with Crippen LogP contribution in [0.3, 0.4) is 0 Å². The maximum absolute atomic E-state index is 5.92. The van der Waals surface area contributed by atoms with Gasteiger partial charge in [-0.15, -0.1) is 0 Å². The summed E-state index contributed by atoms with van der Waals surface area (Å²) in [7, 11) is 2.15. The summed E-state index contributed by atoms with van der Waals surface area (Å²) in [5, 5.41) is 0.578. The Labute approximate surface area is 95.7 Å². The van der Waals surface area contributed by atoms with Gasteiger partial charge in [0, 0.05) is 26.2 Å². The molecular formula is C11H16ClN3. The first-order chi connectivity index (χ1) is 7.16. The number of aromatic nitrogens is 1. The zero-order chi connectivity index (χ0) is 10.8. The molecule has 0 aliphatic carbocycles. The number of likely N-dealkylation sites (N-methyl/N-ethyl adjacent to an activating group) is 1. The molecule has 1 aliphatic heterocycles. The van der Waals surface area contributed by atoms with Crippen molar-refractivity contribution in [2.45, 2.75) is 6.92 Å². The van der Waals surface area contributed by atoms with Gasteiger partial charge in [-0.1, -0.05) is 17.7 Å². The Hall–Kier alpha value is -0.800. The molecule has 2 heterocycles. The largest absolute Gasteiger partial charge is 0.354 e. The quantitative estimate of drug-likeness (QED) is 0.680. The fourth-order valence-corrected chi connectivity index (χ4v) is 1.98. The van der Waals surface area contributed by atoms with Gasteiger partial charge >= 0.3 is 0 Å². The zero-order valence-corrected chi connectivity index (χ0v) is 9.96. The van der Waals surface area contributed by atoms with E-state index in [4.69, 9.17) is 11.6 Å². The van der Waals surface area contributed by atoms with E-state index in [1.54, 1.807) is 0 Å². The van der Waals surface area contributed by atoms with E-state index in [9.17, 15) is 0 Å². The van der Waals surface area contributed by atoms with E-state index < -0.39 is 0 Å². The average Bonchev–Trinajstić information content (AvgIpc) is 2.23. The lowest BCUT2D eigenvalue weighted by Gasteiger charge is -2.34. The van der Waals surface area contributed by atoms with E-state index in [0.29, 0.717) is 5.15 Å². The second kappa shape index (κ2) is 4.37. The molecule has 1 aliphatic rings. The Kier molecular flexibility index (Phi) is 3.12. The van der Waals surface area contributed by atoms with Crippen molar-refractivity contribution in [3.63, 3.8) is 0 Å². The van der Waals surface area contributed by atoms with Crippen LogP contribution in [0, 0.1) is 6.92 Å². The number of piperazine rings is 1. The molecule has 2 rings (SSSR count). The fourth-order valence-electron chi connectivity index (χ4n) is 1.83. The van der Waals surface area contributed by atoms with Gasteiger partial charge in [0.15, 0.2) is 0 Å². The summed E-state index contributed by atoms with van der Waals surface area (Å²) in [5.41, 5.74) is 1.20. The van der Waals surface area contributed by atoms with Gasteiger partial charge in [0.1, 0.15) is 11.0 Å². The van der Waals surface area contributed by atoms with Crippen LogP contribution in [0.1, 0.15) is 5.56 Å². The smallest absolute Gasteiger partial charge is 0.133 e. The Bertz CT molecular complexity index is 346. The molecule has 4 heteroatoms. The first-order valence-corrected chi connectivity index (χ1v) is 5.61. The predicted molar refractivity (Wildman–Crippen MR) is 63.7 cm³/mol. The van der Waals surface area contributed by atoms with Crippen molar-refractivity contribution in [2.75, 3.05) is 38.1 Å². The topological polar surface area (TPSA) is 19.4 Å². The number of hydrogen-bond donors (Lipinski definition) is 0. The molecule has 0 amide bonds. The Morgan fingerprint density at radius 3 is 2.53 bits per heavy atom. The minimum Gasteiger partial charge on any atom is -0.354 e. The number of aryl methyl sites for hydroxylation is 1. The maximum atomic E-state index is 5.92. The number of nitrogens with zero attached hydrogens (tertiary/aromatic N) is 3. The van der Waals surface area contributed by atoms with Crippen LogP contribution < -0.4 is 4.90 Å². The van der Waals surface area contributed by atoms with Crippen LogP contribution in [0.5, 0.6) is 0 Å². The molecule has 0 saturated carbocycles. The number of rotatable bonds is 1. The lowest BCUT2D eigenvalue weighted by Crippen LogP contribution is -2.45. The highest BCUT2D eigenvalue weighted by Gasteiger charge is 2.16. The van der Waals surface area contributed by atoms with Crippen LogP contribution in [0.25, 0.3) is 0 Å². The van der Waals surface area contributed by atoms with Gasteiger partial charge in [-0.3, -0.25) is 0 Å². The number of halogens is 1. The highest BCUT2D eigenvalue weighted by atomic mass is 35.5. The third kappa shape index (κ3) is 2.41. The van der Waals surface area contributed by atoms with Crippen molar-refractivity contribution < 1.29 is 0 Å². The SMILES string of the molecule is Cc1ccc(Cl)nc1N1CCN(C)CC1. The molecule has 1 aromatic rings. The van der Waals surface area contributed by atoms with E-state index >= 15 is 0 Å². The summed E-state index contributed by atoms with van der Waals surface area (Å²) in [6, 6.07) is 3.87. The van der Waals surface area contributed by atoms with E-state index in [0.717, 1.165) is 32.0 Å². The normalized spacial score (nSPS) is 18.2. The number of anilines is 1. The minimum absolute atomic E-state index is 0.578. The lowest BCUT2D eigenvalue weighted by molar-refractivity contribution is 0.312. The van der Waals surface area contributed by atoms with E-state index in [2.05, 4.69) is 28.8 Å². The zero-order valence-electron chi connectivity index (χ0n) is 9.20. The average molecular weight is 226 g/mol. The van der Waals surface area contributed by atoms with Gasteiger partial charge in [-0.2, -0.15) is 0 Å². The molecule has 0 N–H and O–H groups in total. The van der Waals surface area contributed by atoms with Crippen molar-refractivity contribution in [2.24, 2.45) is 0 Å². The fraction of sp³-hybridized carbons (Fsp3) is 0.545. The summed E-state index contributed by atoms with van der Waals surface area (Å²) in [6.07, 6.45) is 0. The van der Waals surface area contributed by atoms with Gasteiger partial charge in [0.25, 0.3) is 0 Å². The highest BCUT2D eigenvalue weighted by Crippen LogP contribution is 2.20. The molecule has 0 bridgehead atoms. The predicted octanol–water partition coefficient (Wildman–Crippen LogP) is 1.80. The Morgan fingerprint density at radius 2 is 1.87 bits per heavy atom. The lowest BCUT2D eigenvalue weighted by atomic mass is 10.2. The van der Waals surface area contributed by atoms with Crippen LogP contribution in [0.4, 0.5) is 5.82 Å². The highest BCUT2D eigenvalue weighted by molar-refractivity contribution is 6.29. The van der Waals surface area contributed by atoms with Crippen molar-refractivity contribution >= 4 is 17.4 Å². The molecule has 3 nitrogen and oxygen atoms in total. The van der Waals surface area contributed by atoms with Gasteiger partial charge in [-0.25, -0.2) is 4.98 Å².